The molecule has 1 aromatic heterocycles. The van der Waals surface area contributed by atoms with E-state index in [0.717, 1.165) is 20.2 Å². The fraction of sp³-hybridized carbons (Fsp3) is 0.176. The second-order valence-electron chi connectivity index (χ2n) is 4.92. The lowest BCUT2D eigenvalue weighted by atomic mass is 10.2. The van der Waals surface area contributed by atoms with Crippen LogP contribution in [-0.2, 0) is 0 Å². The van der Waals surface area contributed by atoms with E-state index in [9.17, 15) is 0 Å². The number of anilines is 2. The molecule has 0 unspecified atom stereocenters. The van der Waals surface area contributed by atoms with E-state index in [1.54, 1.807) is 21.3 Å². The van der Waals surface area contributed by atoms with Crippen LogP contribution in [0.5, 0.6) is 17.2 Å². The molecule has 0 saturated heterocycles. The number of nitrogens with one attached hydrogen (secondary N) is 1. The van der Waals surface area contributed by atoms with E-state index in [2.05, 4.69) is 37.9 Å². The minimum atomic E-state index is 0.549. The molecule has 0 aliphatic heterocycles. The van der Waals surface area contributed by atoms with Crippen LogP contribution in [0.3, 0.4) is 0 Å². The van der Waals surface area contributed by atoms with Crippen molar-refractivity contribution in [2.75, 3.05) is 26.6 Å². The van der Waals surface area contributed by atoms with Crippen LogP contribution >= 0.6 is 22.6 Å². The molecule has 124 valence electrons. The van der Waals surface area contributed by atoms with Crippen LogP contribution in [0.2, 0.25) is 0 Å². The highest BCUT2D eigenvalue weighted by atomic mass is 127. The molecule has 3 aromatic rings. The molecule has 24 heavy (non-hydrogen) atoms. The molecule has 1 heterocycles. The molecule has 0 atom stereocenters. The Morgan fingerprint density at radius 2 is 1.62 bits per heavy atom. The summed E-state index contributed by atoms with van der Waals surface area (Å²) < 4.78 is 17.2. The first-order valence-electron chi connectivity index (χ1n) is 7.13. The van der Waals surface area contributed by atoms with E-state index in [-0.39, 0.29) is 0 Å². The average molecular weight is 437 g/mol. The summed E-state index contributed by atoms with van der Waals surface area (Å²) >= 11 is 2.27. The second kappa shape index (κ2) is 7.08. The molecular formula is C17H16IN3O3. The topological polar surface area (TPSA) is 65.5 Å². The minimum Gasteiger partial charge on any atom is -0.493 e. The molecule has 0 saturated carbocycles. The van der Waals surface area contributed by atoms with Gasteiger partial charge in [0.05, 0.1) is 26.8 Å². The summed E-state index contributed by atoms with van der Waals surface area (Å²) in [5.41, 5.74) is 1.66. The van der Waals surface area contributed by atoms with Gasteiger partial charge in [-0.1, -0.05) is 0 Å². The van der Waals surface area contributed by atoms with Gasteiger partial charge in [0.15, 0.2) is 11.5 Å². The zero-order valence-corrected chi connectivity index (χ0v) is 15.6. The van der Waals surface area contributed by atoms with Crippen LogP contribution < -0.4 is 19.5 Å². The lowest BCUT2D eigenvalue weighted by molar-refractivity contribution is 0.324. The van der Waals surface area contributed by atoms with Gasteiger partial charge >= 0.3 is 0 Å². The van der Waals surface area contributed by atoms with Crippen molar-refractivity contribution >= 4 is 45.0 Å². The largest absolute Gasteiger partial charge is 0.493 e. The Morgan fingerprint density at radius 3 is 2.25 bits per heavy atom. The first-order chi connectivity index (χ1) is 11.7. The van der Waals surface area contributed by atoms with E-state index >= 15 is 0 Å². The minimum absolute atomic E-state index is 0.549. The average Bonchev–Trinajstić information content (AvgIpc) is 2.61. The standard InChI is InChI=1S/C17H16IN3O3/c1-22-14-7-11(8-15(23-2)16(14)24-3)21-17-12-6-10(18)4-5-13(12)19-9-20-17/h4-9H,1-3H3,(H,19,20,21). The molecule has 1 N–H and O–H groups in total. The summed E-state index contributed by atoms with van der Waals surface area (Å²) in [6, 6.07) is 9.70. The number of benzene rings is 2. The molecule has 0 aliphatic carbocycles. The Kier molecular flexibility index (Phi) is 4.89. The maximum Gasteiger partial charge on any atom is 0.203 e. The van der Waals surface area contributed by atoms with Crippen LogP contribution in [0.1, 0.15) is 0 Å². The first-order valence-corrected chi connectivity index (χ1v) is 8.21. The van der Waals surface area contributed by atoms with Crippen molar-refractivity contribution in [1.82, 2.24) is 9.97 Å². The van der Waals surface area contributed by atoms with Crippen molar-refractivity contribution in [2.24, 2.45) is 0 Å². The summed E-state index contributed by atoms with van der Waals surface area (Å²) in [6.45, 7) is 0. The number of hydrogen-bond donors (Lipinski definition) is 1. The zero-order valence-electron chi connectivity index (χ0n) is 13.5. The van der Waals surface area contributed by atoms with E-state index in [4.69, 9.17) is 14.2 Å². The summed E-state index contributed by atoms with van der Waals surface area (Å²) in [6.07, 6.45) is 1.54. The van der Waals surface area contributed by atoms with Crippen molar-refractivity contribution in [2.45, 2.75) is 0 Å². The van der Waals surface area contributed by atoms with E-state index in [1.807, 2.05) is 30.3 Å². The van der Waals surface area contributed by atoms with Gasteiger partial charge in [-0.2, -0.15) is 0 Å². The molecule has 0 aliphatic rings. The van der Waals surface area contributed by atoms with Gasteiger partial charge in [0.1, 0.15) is 12.1 Å². The van der Waals surface area contributed by atoms with E-state index in [0.29, 0.717) is 23.1 Å². The van der Waals surface area contributed by atoms with Crippen LogP contribution in [0.4, 0.5) is 11.5 Å². The Morgan fingerprint density at radius 1 is 0.917 bits per heavy atom. The molecule has 6 nitrogen and oxygen atoms in total. The van der Waals surface area contributed by atoms with Gasteiger partial charge in [0.25, 0.3) is 0 Å². The third-order valence-electron chi connectivity index (χ3n) is 3.52. The van der Waals surface area contributed by atoms with Crippen LogP contribution in [0.15, 0.2) is 36.7 Å². The molecular weight excluding hydrogens is 421 g/mol. The first kappa shape index (κ1) is 16.6. The number of ether oxygens (including phenoxy) is 3. The Labute approximate surface area is 153 Å². The maximum absolute atomic E-state index is 5.38. The van der Waals surface area contributed by atoms with Crippen molar-refractivity contribution in [3.63, 3.8) is 0 Å². The van der Waals surface area contributed by atoms with Crippen LogP contribution in [-0.4, -0.2) is 31.3 Å². The number of fused-ring (bicyclic) bond motifs is 1. The smallest absolute Gasteiger partial charge is 0.203 e. The lowest BCUT2D eigenvalue weighted by Gasteiger charge is -2.15. The van der Waals surface area contributed by atoms with Gasteiger partial charge in [-0.15, -0.1) is 0 Å². The molecule has 0 spiro atoms. The predicted octanol–water partition coefficient (Wildman–Crippen LogP) is 4.00. The van der Waals surface area contributed by atoms with Crippen molar-refractivity contribution in [3.05, 3.63) is 40.2 Å². The Hall–Kier alpha value is -2.29. The van der Waals surface area contributed by atoms with Gasteiger partial charge in [-0.3, -0.25) is 0 Å². The van der Waals surface area contributed by atoms with Gasteiger partial charge in [-0.05, 0) is 40.8 Å². The number of aromatic nitrogens is 2. The molecule has 2 aromatic carbocycles. The molecule has 0 fully saturated rings. The number of hydrogen-bond acceptors (Lipinski definition) is 6. The molecule has 0 amide bonds. The molecule has 7 heteroatoms. The van der Waals surface area contributed by atoms with Gasteiger partial charge in [0.2, 0.25) is 5.75 Å². The van der Waals surface area contributed by atoms with E-state index in [1.165, 1.54) is 6.33 Å². The Bertz CT molecular complexity index is 861. The molecule has 0 bridgehead atoms. The highest BCUT2D eigenvalue weighted by molar-refractivity contribution is 14.1. The maximum atomic E-state index is 5.38. The summed E-state index contributed by atoms with van der Waals surface area (Å²) in [5.74, 6) is 2.42. The second-order valence-corrected chi connectivity index (χ2v) is 6.17. The summed E-state index contributed by atoms with van der Waals surface area (Å²) in [5, 5.41) is 4.25. The summed E-state index contributed by atoms with van der Waals surface area (Å²) in [7, 11) is 4.75. The fourth-order valence-corrected chi connectivity index (χ4v) is 2.91. The number of halogens is 1. The Balaban J connectivity index is 2.07. The number of rotatable bonds is 5. The number of methoxy groups -OCH3 is 3. The van der Waals surface area contributed by atoms with Crippen LogP contribution in [0, 0.1) is 3.57 Å². The third-order valence-corrected chi connectivity index (χ3v) is 4.20. The van der Waals surface area contributed by atoms with Gasteiger partial charge in [0, 0.05) is 26.8 Å². The van der Waals surface area contributed by atoms with Gasteiger partial charge in [-0.25, -0.2) is 9.97 Å². The van der Waals surface area contributed by atoms with Crippen molar-refractivity contribution < 1.29 is 14.2 Å². The van der Waals surface area contributed by atoms with Crippen molar-refractivity contribution in [1.29, 1.82) is 0 Å². The van der Waals surface area contributed by atoms with Crippen LogP contribution in [0.25, 0.3) is 10.9 Å². The normalized spacial score (nSPS) is 10.5. The number of nitrogens with zero attached hydrogens (tertiary/aromatic N) is 2. The highest BCUT2D eigenvalue weighted by Crippen LogP contribution is 2.40. The zero-order chi connectivity index (χ0) is 17.1. The predicted molar refractivity (Wildman–Crippen MR) is 102 cm³/mol. The fourth-order valence-electron chi connectivity index (χ4n) is 2.42. The van der Waals surface area contributed by atoms with Gasteiger partial charge < -0.3 is 19.5 Å². The third kappa shape index (κ3) is 3.16. The van der Waals surface area contributed by atoms with Crippen molar-refractivity contribution in [3.8, 4) is 17.2 Å². The highest BCUT2D eigenvalue weighted by Gasteiger charge is 2.14. The lowest BCUT2D eigenvalue weighted by Crippen LogP contribution is -2.00. The monoisotopic (exact) mass is 437 g/mol. The molecule has 0 radical (unpaired) electrons. The van der Waals surface area contributed by atoms with E-state index < -0.39 is 0 Å². The summed E-state index contributed by atoms with van der Waals surface area (Å²) in [4.78, 5) is 8.65. The SMILES string of the molecule is COc1cc(Nc2ncnc3ccc(I)cc23)cc(OC)c1OC. The quantitative estimate of drug-likeness (QED) is 0.609. The molecule has 3 rings (SSSR count).